The summed E-state index contributed by atoms with van der Waals surface area (Å²) in [5.41, 5.74) is 1.70. The maximum absolute atomic E-state index is 12.6. The summed E-state index contributed by atoms with van der Waals surface area (Å²) in [6, 6.07) is 5.84. The quantitative estimate of drug-likeness (QED) is 0.736. The van der Waals surface area contributed by atoms with Gasteiger partial charge in [0.2, 0.25) is 0 Å². The lowest BCUT2D eigenvalue weighted by atomic mass is 10.1. The Morgan fingerprint density at radius 3 is 2.81 bits per heavy atom. The Morgan fingerprint density at radius 2 is 2.05 bits per heavy atom. The lowest BCUT2D eigenvalue weighted by molar-refractivity contribution is 0.493. The van der Waals surface area contributed by atoms with E-state index in [9.17, 15) is 4.79 Å². The normalized spacial score (nSPS) is 11.4. The van der Waals surface area contributed by atoms with Crippen LogP contribution < -0.4 is 5.56 Å². The van der Waals surface area contributed by atoms with E-state index in [0.717, 1.165) is 16.9 Å². The third-order valence-electron chi connectivity index (χ3n) is 3.50. The maximum Gasteiger partial charge on any atom is 0.261 e. The molecule has 108 valence electrons. The van der Waals surface area contributed by atoms with E-state index in [1.165, 1.54) is 6.33 Å². The molecular weight excluding hydrogens is 266 g/mol. The fourth-order valence-corrected chi connectivity index (χ4v) is 2.42. The van der Waals surface area contributed by atoms with Crippen LogP contribution in [0.15, 0.2) is 35.6 Å². The third kappa shape index (κ3) is 2.33. The summed E-state index contributed by atoms with van der Waals surface area (Å²) in [4.78, 5) is 21.2. The maximum atomic E-state index is 12.6. The summed E-state index contributed by atoms with van der Waals surface area (Å²) in [6.07, 6.45) is 3.09. The van der Waals surface area contributed by atoms with Crippen LogP contribution in [0.1, 0.15) is 31.3 Å². The smallest absolute Gasteiger partial charge is 0.261 e. The minimum absolute atomic E-state index is 0.0537. The van der Waals surface area contributed by atoms with Crippen LogP contribution in [0.5, 0.6) is 0 Å². The summed E-state index contributed by atoms with van der Waals surface area (Å²) < 4.78 is 3.39. The Labute approximate surface area is 122 Å². The first-order valence-corrected chi connectivity index (χ1v) is 6.91. The Hall–Kier alpha value is -2.50. The second-order valence-corrected chi connectivity index (χ2v) is 5.36. The molecule has 0 fully saturated rings. The van der Waals surface area contributed by atoms with E-state index in [0.29, 0.717) is 11.9 Å². The number of benzene rings is 1. The molecule has 0 radical (unpaired) electrons. The molecule has 0 saturated heterocycles. The van der Waals surface area contributed by atoms with Crippen molar-refractivity contribution in [3.8, 4) is 0 Å². The van der Waals surface area contributed by atoms with Gasteiger partial charge in [-0.2, -0.15) is 5.10 Å². The first kappa shape index (κ1) is 13.5. The molecule has 21 heavy (non-hydrogen) atoms. The summed E-state index contributed by atoms with van der Waals surface area (Å²) >= 11 is 0. The van der Waals surface area contributed by atoms with Crippen LogP contribution in [0.25, 0.3) is 10.9 Å². The topological polar surface area (TPSA) is 65.6 Å². The van der Waals surface area contributed by atoms with Crippen molar-refractivity contribution in [1.29, 1.82) is 0 Å². The highest BCUT2D eigenvalue weighted by Gasteiger charge is 2.11. The number of aryl methyl sites for hydroxylation is 1. The molecule has 0 aliphatic heterocycles. The highest BCUT2D eigenvalue weighted by molar-refractivity contribution is 5.80. The molecular formula is C15H17N5O. The third-order valence-corrected chi connectivity index (χ3v) is 3.50. The molecule has 2 heterocycles. The molecule has 0 bridgehead atoms. The Kier molecular flexibility index (Phi) is 3.29. The van der Waals surface area contributed by atoms with Gasteiger partial charge in [0.1, 0.15) is 12.2 Å². The van der Waals surface area contributed by atoms with E-state index < -0.39 is 0 Å². The minimum atomic E-state index is -0.0537. The van der Waals surface area contributed by atoms with Crippen LogP contribution in [-0.4, -0.2) is 24.3 Å². The Balaban J connectivity index is 2.08. The van der Waals surface area contributed by atoms with Crippen molar-refractivity contribution in [2.24, 2.45) is 0 Å². The van der Waals surface area contributed by atoms with Crippen molar-refractivity contribution >= 4 is 10.9 Å². The molecule has 1 aromatic carbocycles. The molecule has 6 nitrogen and oxygen atoms in total. The van der Waals surface area contributed by atoms with Gasteiger partial charge < -0.3 is 0 Å². The first-order chi connectivity index (χ1) is 10.1. The molecule has 0 aliphatic carbocycles. The Bertz CT molecular complexity index is 847. The van der Waals surface area contributed by atoms with Gasteiger partial charge in [-0.15, -0.1) is 0 Å². The van der Waals surface area contributed by atoms with Crippen molar-refractivity contribution in [1.82, 2.24) is 24.3 Å². The highest BCUT2D eigenvalue weighted by atomic mass is 16.1. The average molecular weight is 283 g/mol. The molecule has 6 heteroatoms. The number of nitrogens with zero attached hydrogens (tertiary/aromatic N) is 5. The summed E-state index contributed by atoms with van der Waals surface area (Å²) in [5, 5.41) is 4.82. The number of hydrogen-bond acceptors (Lipinski definition) is 4. The molecule has 0 atom stereocenters. The molecule has 3 rings (SSSR count). The van der Waals surface area contributed by atoms with E-state index in [4.69, 9.17) is 0 Å². The van der Waals surface area contributed by atoms with Crippen LogP contribution in [0.4, 0.5) is 0 Å². The van der Waals surface area contributed by atoms with Crippen LogP contribution in [0.2, 0.25) is 0 Å². The van der Waals surface area contributed by atoms with E-state index in [-0.39, 0.29) is 11.6 Å². The van der Waals surface area contributed by atoms with Crippen molar-refractivity contribution < 1.29 is 0 Å². The molecule has 0 aliphatic rings. The number of para-hydroxylation sites is 1. The van der Waals surface area contributed by atoms with Gasteiger partial charge in [0.05, 0.1) is 23.8 Å². The molecule has 3 aromatic rings. The minimum Gasteiger partial charge on any atom is -0.291 e. The predicted molar refractivity (Wildman–Crippen MR) is 80.2 cm³/mol. The highest BCUT2D eigenvalue weighted by Crippen LogP contribution is 2.12. The Morgan fingerprint density at radius 1 is 1.24 bits per heavy atom. The van der Waals surface area contributed by atoms with Crippen molar-refractivity contribution in [2.45, 2.75) is 33.4 Å². The van der Waals surface area contributed by atoms with Crippen LogP contribution >= 0.6 is 0 Å². The van der Waals surface area contributed by atoms with Gasteiger partial charge in [-0.25, -0.2) is 14.6 Å². The summed E-state index contributed by atoms with van der Waals surface area (Å²) in [7, 11) is 0. The van der Waals surface area contributed by atoms with Crippen LogP contribution in [-0.2, 0) is 6.54 Å². The van der Waals surface area contributed by atoms with E-state index in [1.54, 1.807) is 17.0 Å². The number of hydrogen-bond donors (Lipinski definition) is 0. The molecule has 0 amide bonds. The standard InChI is InChI=1S/C15H17N5O/c1-10(2)20-13(16-8-18-20)7-19-9-17-14-11(3)5-4-6-12(14)15(19)21/h4-6,8-10H,7H2,1-3H3. The van der Waals surface area contributed by atoms with Gasteiger partial charge in [-0.05, 0) is 32.4 Å². The fraction of sp³-hybridized carbons (Fsp3) is 0.333. The molecule has 0 unspecified atom stereocenters. The first-order valence-electron chi connectivity index (χ1n) is 6.91. The van der Waals surface area contributed by atoms with Gasteiger partial charge in [-0.1, -0.05) is 12.1 Å². The lowest BCUT2D eigenvalue weighted by Gasteiger charge is -2.11. The zero-order chi connectivity index (χ0) is 15.0. The van der Waals surface area contributed by atoms with Crippen LogP contribution in [0.3, 0.4) is 0 Å². The molecule has 0 saturated carbocycles. The molecule has 0 N–H and O–H groups in total. The zero-order valence-corrected chi connectivity index (χ0v) is 12.3. The number of aromatic nitrogens is 5. The van der Waals surface area contributed by atoms with E-state index in [1.807, 2.05) is 37.6 Å². The SMILES string of the molecule is Cc1cccc2c(=O)n(Cc3ncnn3C(C)C)cnc12. The van der Waals surface area contributed by atoms with Gasteiger partial charge in [0, 0.05) is 6.04 Å². The van der Waals surface area contributed by atoms with Gasteiger partial charge in [-0.3, -0.25) is 9.36 Å². The van der Waals surface area contributed by atoms with Crippen LogP contribution in [0, 0.1) is 6.92 Å². The predicted octanol–water partition coefficient (Wildman–Crippen LogP) is 1.93. The fourth-order valence-electron chi connectivity index (χ4n) is 2.42. The average Bonchev–Trinajstić information content (AvgIpc) is 2.91. The second-order valence-electron chi connectivity index (χ2n) is 5.36. The van der Waals surface area contributed by atoms with Gasteiger partial charge >= 0.3 is 0 Å². The number of fused-ring (bicyclic) bond motifs is 1. The lowest BCUT2D eigenvalue weighted by Crippen LogP contribution is -2.23. The zero-order valence-electron chi connectivity index (χ0n) is 12.3. The summed E-state index contributed by atoms with van der Waals surface area (Å²) in [6.45, 7) is 6.38. The summed E-state index contributed by atoms with van der Waals surface area (Å²) in [5.74, 6) is 0.751. The molecule has 0 spiro atoms. The van der Waals surface area contributed by atoms with Crippen molar-refractivity contribution in [2.75, 3.05) is 0 Å². The van der Waals surface area contributed by atoms with E-state index in [2.05, 4.69) is 15.1 Å². The second kappa shape index (κ2) is 5.12. The van der Waals surface area contributed by atoms with Crippen molar-refractivity contribution in [3.05, 3.63) is 52.6 Å². The number of rotatable bonds is 3. The molecule has 2 aromatic heterocycles. The van der Waals surface area contributed by atoms with Gasteiger partial charge in [0.15, 0.2) is 0 Å². The van der Waals surface area contributed by atoms with E-state index >= 15 is 0 Å². The largest absolute Gasteiger partial charge is 0.291 e. The monoisotopic (exact) mass is 283 g/mol. The van der Waals surface area contributed by atoms with Gasteiger partial charge in [0.25, 0.3) is 5.56 Å². The van der Waals surface area contributed by atoms with Crippen molar-refractivity contribution in [3.63, 3.8) is 0 Å².